The van der Waals surface area contributed by atoms with Crippen LogP contribution in [0.25, 0.3) is 0 Å². The number of ketones is 1. The molecule has 2 heterocycles. The minimum Gasteiger partial charge on any atom is -0.482 e. The maximum Gasteiger partial charge on any atom is 0.345 e. The summed E-state index contributed by atoms with van der Waals surface area (Å²) in [4.78, 5) is 36.8. The molecule has 1 N–H and O–H groups in total. The summed E-state index contributed by atoms with van der Waals surface area (Å²) >= 11 is 12.5. The van der Waals surface area contributed by atoms with E-state index in [0.717, 1.165) is 0 Å². The summed E-state index contributed by atoms with van der Waals surface area (Å²) in [5.74, 6) is -0.128. The molecule has 9 nitrogen and oxygen atoms in total. The Labute approximate surface area is 169 Å². The molecule has 0 amide bonds. The lowest BCUT2D eigenvalue weighted by atomic mass is 10.1. The van der Waals surface area contributed by atoms with Gasteiger partial charge in [-0.05, 0) is 19.1 Å². The number of carbonyl (C=O) groups is 1. The van der Waals surface area contributed by atoms with Gasteiger partial charge in [0, 0.05) is 32.4 Å². The summed E-state index contributed by atoms with van der Waals surface area (Å²) in [7, 11) is 3.08. The number of aromatic nitrogens is 5. The van der Waals surface area contributed by atoms with E-state index in [-0.39, 0.29) is 39.2 Å². The number of carbonyl (C=O) groups excluding carboxylic acids is 1. The molecule has 0 radical (unpaired) electrons. The van der Waals surface area contributed by atoms with Gasteiger partial charge in [-0.15, -0.1) is 0 Å². The second kappa shape index (κ2) is 7.69. The van der Waals surface area contributed by atoms with E-state index in [1.54, 1.807) is 14.0 Å². The van der Waals surface area contributed by atoms with Crippen molar-refractivity contribution in [1.29, 1.82) is 0 Å². The molecule has 0 saturated heterocycles. The van der Waals surface area contributed by atoms with Gasteiger partial charge in [0.25, 0.3) is 5.56 Å². The fraction of sp³-hybridized carbons (Fsp3) is 0.294. The Morgan fingerprint density at radius 2 is 1.93 bits per heavy atom. The van der Waals surface area contributed by atoms with Crippen LogP contribution in [0, 0.1) is 0 Å². The molecule has 28 heavy (non-hydrogen) atoms. The topological polar surface area (TPSA) is 104 Å². The van der Waals surface area contributed by atoms with Gasteiger partial charge in [-0.1, -0.05) is 23.2 Å². The van der Waals surface area contributed by atoms with E-state index < -0.39 is 11.3 Å². The third-order valence-electron chi connectivity index (χ3n) is 4.26. The number of hydrogen-bond donors (Lipinski definition) is 1. The van der Waals surface area contributed by atoms with Crippen LogP contribution in [0.3, 0.4) is 0 Å². The maximum absolute atomic E-state index is 12.8. The third kappa shape index (κ3) is 3.38. The molecule has 0 spiro atoms. The van der Waals surface area contributed by atoms with Crippen molar-refractivity contribution in [2.45, 2.75) is 20.1 Å². The Morgan fingerprint density at radius 1 is 1.21 bits per heavy atom. The first-order valence-electron chi connectivity index (χ1n) is 8.28. The minimum absolute atomic E-state index is 0.0259. The molecule has 0 fully saturated rings. The molecule has 148 valence electrons. The fourth-order valence-corrected chi connectivity index (χ4v) is 3.23. The number of H-pyrrole nitrogens is 1. The number of halogens is 2. The predicted octanol–water partition coefficient (Wildman–Crippen LogP) is 1.75. The molecule has 0 aliphatic carbocycles. The lowest BCUT2D eigenvalue weighted by Gasteiger charge is -2.12. The molecule has 3 aromatic rings. The summed E-state index contributed by atoms with van der Waals surface area (Å²) in [5, 5.41) is 6.93. The van der Waals surface area contributed by atoms with Gasteiger partial charge in [-0.2, -0.15) is 5.10 Å². The highest BCUT2D eigenvalue weighted by Crippen LogP contribution is 2.36. The van der Waals surface area contributed by atoms with Crippen molar-refractivity contribution in [3.05, 3.63) is 66.2 Å². The van der Waals surface area contributed by atoms with Crippen LogP contribution in [0.2, 0.25) is 10.0 Å². The Morgan fingerprint density at radius 3 is 2.50 bits per heavy atom. The molecule has 1 aromatic carbocycles. The molecule has 0 atom stereocenters. The molecule has 11 heteroatoms. The van der Waals surface area contributed by atoms with Crippen molar-refractivity contribution in [1.82, 2.24) is 24.1 Å². The van der Waals surface area contributed by atoms with Crippen LogP contribution < -0.4 is 16.0 Å². The molecule has 0 saturated carbocycles. The second-order valence-corrected chi connectivity index (χ2v) is 6.76. The number of aryl methyl sites for hydroxylation is 2. The van der Waals surface area contributed by atoms with E-state index in [2.05, 4.69) is 10.2 Å². The number of hydrogen-bond acceptors (Lipinski definition) is 5. The Bertz CT molecular complexity index is 1170. The van der Waals surface area contributed by atoms with E-state index in [9.17, 15) is 14.4 Å². The summed E-state index contributed by atoms with van der Waals surface area (Å²) in [6.45, 7) is 2.09. The monoisotopic (exact) mass is 425 g/mol. The van der Waals surface area contributed by atoms with Crippen LogP contribution in [0.4, 0.5) is 0 Å². The largest absolute Gasteiger partial charge is 0.482 e. The average Bonchev–Trinajstić information content (AvgIpc) is 3.15. The normalized spacial score (nSPS) is 11.0. The minimum atomic E-state index is -0.551. The van der Waals surface area contributed by atoms with Gasteiger partial charge >= 0.3 is 5.69 Å². The van der Waals surface area contributed by atoms with Gasteiger partial charge in [0.2, 0.25) is 5.78 Å². The van der Waals surface area contributed by atoms with E-state index in [0.29, 0.717) is 12.4 Å². The molecular formula is C17H17Cl2N5O4. The van der Waals surface area contributed by atoms with Crippen molar-refractivity contribution in [3.8, 4) is 5.75 Å². The number of rotatable bonds is 6. The van der Waals surface area contributed by atoms with Crippen molar-refractivity contribution in [2.75, 3.05) is 0 Å². The Hall–Kier alpha value is -2.78. The van der Waals surface area contributed by atoms with Gasteiger partial charge in [0.1, 0.15) is 12.2 Å². The second-order valence-electron chi connectivity index (χ2n) is 5.97. The fourth-order valence-electron chi connectivity index (χ4n) is 2.66. The lowest BCUT2D eigenvalue weighted by Crippen LogP contribution is -2.21. The first-order valence-corrected chi connectivity index (χ1v) is 9.04. The van der Waals surface area contributed by atoms with Crippen LogP contribution in [-0.2, 0) is 27.2 Å². The zero-order chi connectivity index (χ0) is 20.6. The maximum atomic E-state index is 12.8. The highest BCUT2D eigenvalue weighted by Gasteiger charge is 2.22. The van der Waals surface area contributed by atoms with Crippen LogP contribution in [-0.4, -0.2) is 29.9 Å². The van der Waals surface area contributed by atoms with Gasteiger partial charge in [-0.25, -0.2) is 9.48 Å². The number of aromatic amines is 1. The number of nitrogens with zero attached hydrogens (tertiary/aromatic N) is 4. The van der Waals surface area contributed by atoms with Crippen molar-refractivity contribution >= 4 is 29.0 Å². The molecule has 0 aliphatic rings. The highest BCUT2D eigenvalue weighted by molar-refractivity contribution is 6.39. The SMILES string of the molecule is CCn1[nH]cc(C(=O)c2ccc(Cl)c(OCc3nn(C)c(=O)n3C)c2Cl)c1=O. The summed E-state index contributed by atoms with van der Waals surface area (Å²) in [5.41, 5.74) is -0.705. The quantitative estimate of drug-likeness (QED) is 0.605. The number of ether oxygens (including phenoxy) is 1. The Balaban J connectivity index is 1.94. The standard InChI is InChI=1S/C17H17Cl2N5O4/c1-4-24-16(26)10(7-20-24)14(25)9-5-6-11(18)15(13(9)19)28-8-12-21-23(3)17(27)22(12)2/h5-7,20H,4,8H2,1-3H3. The smallest absolute Gasteiger partial charge is 0.345 e. The zero-order valence-electron chi connectivity index (χ0n) is 15.3. The molecule has 3 rings (SSSR count). The van der Waals surface area contributed by atoms with Crippen molar-refractivity contribution in [2.24, 2.45) is 14.1 Å². The number of benzene rings is 1. The average molecular weight is 426 g/mol. The molecule has 0 bridgehead atoms. The van der Waals surface area contributed by atoms with Crippen LogP contribution in [0.1, 0.15) is 28.7 Å². The van der Waals surface area contributed by atoms with E-state index in [4.69, 9.17) is 27.9 Å². The third-order valence-corrected chi connectivity index (χ3v) is 4.93. The molecule has 0 unspecified atom stereocenters. The molecule has 2 aromatic heterocycles. The highest BCUT2D eigenvalue weighted by atomic mass is 35.5. The van der Waals surface area contributed by atoms with Gasteiger partial charge < -0.3 is 9.84 Å². The van der Waals surface area contributed by atoms with E-state index >= 15 is 0 Å². The number of nitrogens with one attached hydrogen (secondary N) is 1. The molecular weight excluding hydrogens is 409 g/mol. The van der Waals surface area contributed by atoms with Crippen LogP contribution >= 0.6 is 23.2 Å². The zero-order valence-corrected chi connectivity index (χ0v) is 16.8. The van der Waals surface area contributed by atoms with Gasteiger partial charge in [-0.3, -0.25) is 18.8 Å². The first-order chi connectivity index (χ1) is 13.3. The predicted molar refractivity (Wildman–Crippen MR) is 103 cm³/mol. The van der Waals surface area contributed by atoms with E-state index in [1.165, 1.54) is 39.3 Å². The summed E-state index contributed by atoms with van der Waals surface area (Å²) in [6.07, 6.45) is 1.34. The first kappa shape index (κ1) is 20.0. The van der Waals surface area contributed by atoms with Crippen LogP contribution in [0.5, 0.6) is 5.75 Å². The molecule has 0 aliphatic heterocycles. The van der Waals surface area contributed by atoms with E-state index in [1.807, 2.05) is 0 Å². The van der Waals surface area contributed by atoms with Gasteiger partial charge in [0.05, 0.1) is 10.0 Å². The van der Waals surface area contributed by atoms with Gasteiger partial charge in [0.15, 0.2) is 11.6 Å². The van der Waals surface area contributed by atoms with Crippen molar-refractivity contribution in [3.63, 3.8) is 0 Å². The Kier molecular flexibility index (Phi) is 5.48. The lowest BCUT2D eigenvalue weighted by molar-refractivity contribution is 0.103. The van der Waals surface area contributed by atoms with Crippen LogP contribution in [0.15, 0.2) is 27.9 Å². The van der Waals surface area contributed by atoms with Crippen molar-refractivity contribution < 1.29 is 9.53 Å². The summed E-state index contributed by atoms with van der Waals surface area (Å²) < 4.78 is 9.44. The summed E-state index contributed by atoms with van der Waals surface area (Å²) in [6, 6.07) is 2.89.